The summed E-state index contributed by atoms with van der Waals surface area (Å²) in [6.07, 6.45) is 1.01. The first-order valence-electron chi connectivity index (χ1n) is 11.0. The molecule has 2 aliphatic heterocycles. The molecule has 2 aromatic carbocycles. The van der Waals surface area contributed by atoms with Crippen LogP contribution >= 0.6 is 0 Å². The monoisotopic (exact) mass is 440 g/mol. The topological polar surface area (TPSA) is 73.9 Å². The molecule has 2 amide bonds. The standard InChI is InChI=1S/C24H29FN4O3/c1-28-9-8-19-14-18(4-7-21(19)28)22(29-10-12-32-13-11-29)16-27-24(31)23(30)26-15-17-2-5-20(25)6-3-17/h2-7,14,22H,8-13,15-16H2,1H3,(H,26,30)(H,27,31)/t22-/m0/s1. The van der Waals surface area contributed by atoms with Gasteiger partial charge in [0.25, 0.3) is 0 Å². The number of halogens is 1. The molecule has 8 heteroatoms. The third kappa shape index (κ3) is 5.26. The van der Waals surface area contributed by atoms with E-state index in [9.17, 15) is 14.0 Å². The smallest absolute Gasteiger partial charge is 0.309 e. The lowest BCUT2D eigenvalue weighted by atomic mass is 10.0. The second-order valence-corrected chi connectivity index (χ2v) is 8.24. The Labute approximate surface area is 187 Å². The Hall–Kier alpha value is -2.97. The zero-order chi connectivity index (χ0) is 22.5. The lowest BCUT2D eigenvalue weighted by molar-refractivity contribution is -0.139. The van der Waals surface area contributed by atoms with Crippen LogP contribution in [0.25, 0.3) is 0 Å². The summed E-state index contributed by atoms with van der Waals surface area (Å²) in [4.78, 5) is 29.2. The Balaban J connectivity index is 1.39. The zero-order valence-corrected chi connectivity index (χ0v) is 18.3. The number of morpholine rings is 1. The van der Waals surface area contributed by atoms with Crippen LogP contribution in [0.4, 0.5) is 10.1 Å². The fourth-order valence-corrected chi connectivity index (χ4v) is 4.28. The molecule has 4 rings (SSSR count). The molecule has 2 aromatic rings. The Morgan fingerprint density at radius 1 is 1.03 bits per heavy atom. The van der Waals surface area contributed by atoms with Crippen LogP contribution in [0.3, 0.4) is 0 Å². The number of carbonyl (C=O) groups excluding carboxylic acids is 2. The van der Waals surface area contributed by atoms with Crippen molar-refractivity contribution in [1.82, 2.24) is 15.5 Å². The van der Waals surface area contributed by atoms with Crippen molar-refractivity contribution in [3.8, 4) is 0 Å². The van der Waals surface area contributed by atoms with Crippen molar-refractivity contribution in [2.24, 2.45) is 0 Å². The largest absolute Gasteiger partial charge is 0.379 e. The average Bonchev–Trinajstić information content (AvgIpc) is 3.19. The Kier molecular flexibility index (Phi) is 7.02. The molecule has 0 bridgehead atoms. The van der Waals surface area contributed by atoms with Gasteiger partial charge in [0.05, 0.1) is 19.3 Å². The van der Waals surface area contributed by atoms with Crippen molar-refractivity contribution in [3.63, 3.8) is 0 Å². The van der Waals surface area contributed by atoms with Crippen LogP contribution in [-0.2, 0) is 27.3 Å². The second kappa shape index (κ2) is 10.1. The minimum absolute atomic E-state index is 0.0380. The molecule has 32 heavy (non-hydrogen) atoms. The fourth-order valence-electron chi connectivity index (χ4n) is 4.28. The number of rotatable bonds is 6. The number of benzene rings is 2. The average molecular weight is 441 g/mol. The number of anilines is 1. The first-order chi connectivity index (χ1) is 15.5. The van der Waals surface area contributed by atoms with Gasteiger partial charge in [-0.25, -0.2) is 4.39 Å². The van der Waals surface area contributed by atoms with E-state index in [2.05, 4.69) is 45.7 Å². The molecule has 0 aliphatic carbocycles. The summed E-state index contributed by atoms with van der Waals surface area (Å²) >= 11 is 0. The van der Waals surface area contributed by atoms with Gasteiger partial charge in [-0.05, 0) is 41.3 Å². The first-order valence-corrected chi connectivity index (χ1v) is 11.0. The van der Waals surface area contributed by atoms with E-state index in [1.807, 2.05) is 0 Å². The van der Waals surface area contributed by atoms with Gasteiger partial charge >= 0.3 is 11.8 Å². The molecule has 7 nitrogen and oxygen atoms in total. The van der Waals surface area contributed by atoms with E-state index in [-0.39, 0.29) is 18.4 Å². The molecule has 170 valence electrons. The number of hydrogen-bond donors (Lipinski definition) is 2. The van der Waals surface area contributed by atoms with Gasteiger partial charge in [-0.3, -0.25) is 14.5 Å². The molecule has 1 fully saturated rings. The maximum Gasteiger partial charge on any atom is 0.309 e. The molecule has 2 heterocycles. The van der Waals surface area contributed by atoms with Gasteiger partial charge in [0.1, 0.15) is 5.82 Å². The molecule has 0 saturated carbocycles. The highest BCUT2D eigenvalue weighted by atomic mass is 19.1. The molecule has 2 N–H and O–H groups in total. The summed E-state index contributed by atoms with van der Waals surface area (Å²) in [6, 6.07) is 12.2. The number of amides is 2. The lowest BCUT2D eigenvalue weighted by Gasteiger charge is -2.35. The third-order valence-electron chi connectivity index (χ3n) is 6.13. The van der Waals surface area contributed by atoms with E-state index in [4.69, 9.17) is 4.74 Å². The van der Waals surface area contributed by atoms with Gasteiger partial charge in [-0.1, -0.05) is 24.3 Å². The normalized spacial score (nSPS) is 17.0. The molecule has 1 atom stereocenters. The summed E-state index contributed by atoms with van der Waals surface area (Å²) in [5.41, 5.74) is 4.42. The highest BCUT2D eigenvalue weighted by Gasteiger charge is 2.26. The van der Waals surface area contributed by atoms with E-state index in [0.29, 0.717) is 19.8 Å². The predicted molar refractivity (Wildman–Crippen MR) is 120 cm³/mol. The van der Waals surface area contributed by atoms with Crippen molar-refractivity contribution in [1.29, 1.82) is 0 Å². The van der Waals surface area contributed by atoms with Gasteiger partial charge in [0.2, 0.25) is 0 Å². The molecular weight excluding hydrogens is 411 g/mol. The fraction of sp³-hybridized carbons (Fsp3) is 0.417. The van der Waals surface area contributed by atoms with Gasteiger partial charge in [0, 0.05) is 45.5 Å². The Bertz CT molecular complexity index is 960. The van der Waals surface area contributed by atoms with Crippen molar-refractivity contribution >= 4 is 17.5 Å². The molecule has 1 saturated heterocycles. The van der Waals surface area contributed by atoms with Gasteiger partial charge in [-0.15, -0.1) is 0 Å². The Morgan fingerprint density at radius 3 is 2.50 bits per heavy atom. The predicted octanol–water partition coefficient (Wildman–Crippen LogP) is 1.62. The number of ether oxygens (including phenoxy) is 1. The molecule has 0 radical (unpaired) electrons. The third-order valence-corrected chi connectivity index (χ3v) is 6.13. The second-order valence-electron chi connectivity index (χ2n) is 8.24. The highest BCUT2D eigenvalue weighted by molar-refractivity contribution is 6.35. The molecule has 0 unspecified atom stereocenters. The first kappa shape index (κ1) is 22.2. The molecular formula is C24H29FN4O3. The van der Waals surface area contributed by atoms with E-state index >= 15 is 0 Å². The van der Waals surface area contributed by atoms with E-state index in [1.165, 1.54) is 23.4 Å². The van der Waals surface area contributed by atoms with Crippen LogP contribution in [0.1, 0.15) is 22.7 Å². The van der Waals surface area contributed by atoms with E-state index in [1.54, 1.807) is 12.1 Å². The summed E-state index contributed by atoms with van der Waals surface area (Å²) in [5, 5.41) is 5.38. The van der Waals surface area contributed by atoms with Crippen LogP contribution in [0.5, 0.6) is 0 Å². The summed E-state index contributed by atoms with van der Waals surface area (Å²) in [6.45, 7) is 4.34. The van der Waals surface area contributed by atoms with Crippen LogP contribution < -0.4 is 15.5 Å². The maximum absolute atomic E-state index is 13.0. The lowest BCUT2D eigenvalue weighted by Crippen LogP contribution is -2.46. The number of likely N-dealkylation sites (N-methyl/N-ethyl adjacent to an activating group) is 1. The number of carbonyl (C=O) groups is 2. The van der Waals surface area contributed by atoms with Crippen LogP contribution in [0.2, 0.25) is 0 Å². The van der Waals surface area contributed by atoms with Gasteiger partial charge < -0.3 is 20.3 Å². The number of fused-ring (bicyclic) bond motifs is 1. The van der Waals surface area contributed by atoms with Crippen molar-refractivity contribution in [2.45, 2.75) is 19.0 Å². The van der Waals surface area contributed by atoms with E-state index in [0.717, 1.165) is 37.2 Å². The van der Waals surface area contributed by atoms with Gasteiger partial charge in [0.15, 0.2) is 0 Å². The van der Waals surface area contributed by atoms with Crippen LogP contribution in [0.15, 0.2) is 42.5 Å². The number of nitrogens with zero attached hydrogens (tertiary/aromatic N) is 2. The molecule has 0 spiro atoms. The maximum atomic E-state index is 13.0. The SMILES string of the molecule is CN1CCc2cc([C@H](CNC(=O)C(=O)NCc3ccc(F)cc3)N3CCOCC3)ccc21. The minimum Gasteiger partial charge on any atom is -0.379 e. The van der Waals surface area contributed by atoms with Crippen molar-refractivity contribution < 1.29 is 18.7 Å². The molecule has 0 aromatic heterocycles. The van der Waals surface area contributed by atoms with Crippen LogP contribution in [-0.4, -0.2) is 63.2 Å². The number of hydrogen-bond acceptors (Lipinski definition) is 5. The highest BCUT2D eigenvalue weighted by Crippen LogP contribution is 2.31. The summed E-state index contributed by atoms with van der Waals surface area (Å²) in [7, 11) is 2.09. The molecule has 2 aliphatic rings. The summed E-state index contributed by atoms with van der Waals surface area (Å²) < 4.78 is 18.5. The summed E-state index contributed by atoms with van der Waals surface area (Å²) in [5.74, 6) is -1.72. The van der Waals surface area contributed by atoms with Gasteiger partial charge in [-0.2, -0.15) is 0 Å². The van der Waals surface area contributed by atoms with E-state index < -0.39 is 11.8 Å². The zero-order valence-electron chi connectivity index (χ0n) is 18.3. The van der Waals surface area contributed by atoms with Crippen molar-refractivity contribution in [2.75, 3.05) is 51.3 Å². The quantitative estimate of drug-likeness (QED) is 0.668. The van der Waals surface area contributed by atoms with Crippen molar-refractivity contribution in [3.05, 3.63) is 65.0 Å². The number of nitrogens with one attached hydrogen (secondary N) is 2. The minimum atomic E-state index is -0.703. The van der Waals surface area contributed by atoms with Crippen LogP contribution in [0, 0.1) is 5.82 Å². The Morgan fingerprint density at radius 2 is 1.75 bits per heavy atom.